The molecule has 3 heterocycles. The largest absolute Gasteiger partial charge is 0.378 e. The van der Waals surface area contributed by atoms with E-state index in [0.29, 0.717) is 5.69 Å². The number of aromatic nitrogens is 1. The first-order valence-corrected chi connectivity index (χ1v) is 11.4. The smallest absolute Gasteiger partial charge is 0.275 e. The van der Waals surface area contributed by atoms with Crippen molar-refractivity contribution in [2.24, 2.45) is 5.92 Å². The first kappa shape index (κ1) is 20.0. The molecule has 0 spiro atoms. The molecule has 0 radical (unpaired) electrons. The van der Waals surface area contributed by atoms with E-state index in [-0.39, 0.29) is 11.8 Å². The molecule has 152 valence electrons. The lowest BCUT2D eigenvalue weighted by molar-refractivity contribution is 0.0693. The van der Waals surface area contributed by atoms with Crippen LogP contribution in [0.1, 0.15) is 23.3 Å². The molecule has 8 heteroatoms. The molecule has 6 nitrogen and oxygen atoms in total. The van der Waals surface area contributed by atoms with E-state index in [1.165, 1.54) is 11.3 Å². The van der Waals surface area contributed by atoms with Crippen LogP contribution >= 0.6 is 22.7 Å². The van der Waals surface area contributed by atoms with Crippen molar-refractivity contribution in [3.63, 3.8) is 0 Å². The number of hydrogen-bond donors (Lipinski definition) is 3. The number of carbonyl (C=O) groups excluding carboxylic acids is 1. The first-order chi connectivity index (χ1) is 14.2. The van der Waals surface area contributed by atoms with Crippen molar-refractivity contribution in [3.05, 3.63) is 52.9 Å². The molecule has 1 fully saturated rings. The van der Waals surface area contributed by atoms with Gasteiger partial charge in [0.15, 0.2) is 0 Å². The number of nitrogens with one attached hydrogen (secondary N) is 2. The fraction of sp³-hybridized carbons (Fsp3) is 0.333. The highest BCUT2D eigenvalue weighted by atomic mass is 32.1. The Kier molecular flexibility index (Phi) is 6.25. The Morgan fingerprint density at radius 2 is 2.00 bits per heavy atom. The predicted molar refractivity (Wildman–Crippen MR) is 120 cm³/mol. The maximum atomic E-state index is 12.8. The van der Waals surface area contributed by atoms with Crippen LogP contribution in [-0.2, 0) is 0 Å². The van der Waals surface area contributed by atoms with Gasteiger partial charge in [-0.1, -0.05) is 18.2 Å². The third kappa shape index (κ3) is 4.51. The van der Waals surface area contributed by atoms with Gasteiger partial charge in [-0.15, -0.1) is 22.7 Å². The van der Waals surface area contributed by atoms with Crippen molar-refractivity contribution in [1.29, 1.82) is 0 Å². The highest BCUT2D eigenvalue weighted by Gasteiger charge is 2.25. The third-order valence-corrected chi connectivity index (χ3v) is 7.12. The monoisotopic (exact) mass is 428 g/mol. The first-order valence-electron chi connectivity index (χ1n) is 9.66. The van der Waals surface area contributed by atoms with Crippen LogP contribution in [0.5, 0.6) is 0 Å². The van der Waals surface area contributed by atoms with E-state index < -0.39 is 6.23 Å². The van der Waals surface area contributed by atoms with Crippen LogP contribution in [0.25, 0.3) is 9.88 Å². The van der Waals surface area contributed by atoms with E-state index in [1.807, 2.05) is 41.8 Å². The number of piperidine rings is 1. The van der Waals surface area contributed by atoms with E-state index in [4.69, 9.17) is 0 Å². The lowest BCUT2D eigenvalue weighted by atomic mass is 9.94. The number of benzene rings is 1. The molecule has 29 heavy (non-hydrogen) atoms. The summed E-state index contributed by atoms with van der Waals surface area (Å²) in [5, 5.41) is 20.7. The molecule has 1 saturated heterocycles. The van der Waals surface area contributed by atoms with Crippen molar-refractivity contribution < 1.29 is 9.90 Å². The number of thiazole rings is 1. The maximum Gasteiger partial charge on any atom is 0.275 e. The molecule has 1 atom stereocenters. The van der Waals surface area contributed by atoms with E-state index >= 15 is 0 Å². The number of anilines is 2. The molecule has 0 aliphatic carbocycles. The Bertz CT molecular complexity index is 949. The maximum absolute atomic E-state index is 12.8. The summed E-state index contributed by atoms with van der Waals surface area (Å²) in [5.41, 5.74) is 2.23. The number of para-hydroxylation sites is 2. The van der Waals surface area contributed by atoms with Crippen molar-refractivity contribution in [2.45, 2.75) is 19.1 Å². The second-order valence-electron chi connectivity index (χ2n) is 7.04. The van der Waals surface area contributed by atoms with Gasteiger partial charge in [0.2, 0.25) is 0 Å². The zero-order valence-corrected chi connectivity index (χ0v) is 17.8. The molecule has 2 aromatic heterocycles. The molecule has 4 rings (SSSR count). The summed E-state index contributed by atoms with van der Waals surface area (Å²) in [4.78, 5) is 20.6. The van der Waals surface area contributed by atoms with Crippen LogP contribution in [0.3, 0.4) is 0 Å². The Morgan fingerprint density at radius 3 is 2.72 bits per heavy atom. The number of thiophene rings is 1. The van der Waals surface area contributed by atoms with E-state index in [1.54, 1.807) is 23.8 Å². The second kappa shape index (κ2) is 9.04. The van der Waals surface area contributed by atoms with Gasteiger partial charge in [0.1, 0.15) is 16.9 Å². The highest BCUT2D eigenvalue weighted by Crippen LogP contribution is 2.32. The predicted octanol–water partition coefficient (Wildman–Crippen LogP) is 3.88. The van der Waals surface area contributed by atoms with Crippen molar-refractivity contribution >= 4 is 40.0 Å². The minimum absolute atomic E-state index is 0.197. The molecule has 1 aliphatic heterocycles. The van der Waals surface area contributed by atoms with Gasteiger partial charge in [-0.3, -0.25) is 10.1 Å². The van der Waals surface area contributed by atoms with Gasteiger partial charge in [0, 0.05) is 24.4 Å². The van der Waals surface area contributed by atoms with Crippen LogP contribution in [0.15, 0.2) is 47.2 Å². The molecular weight excluding hydrogens is 404 g/mol. The molecule has 1 aromatic carbocycles. The van der Waals surface area contributed by atoms with Gasteiger partial charge in [-0.25, -0.2) is 4.98 Å². The summed E-state index contributed by atoms with van der Waals surface area (Å²) in [6.45, 7) is 1.69. The zero-order valence-electron chi connectivity index (χ0n) is 16.2. The van der Waals surface area contributed by atoms with E-state index in [0.717, 1.165) is 47.2 Å². The summed E-state index contributed by atoms with van der Waals surface area (Å²) in [7, 11) is 1.78. The van der Waals surface area contributed by atoms with E-state index in [2.05, 4.69) is 20.5 Å². The normalized spacial score (nSPS) is 16.0. The summed E-state index contributed by atoms with van der Waals surface area (Å²) in [5.74, 6) is 0.0562. The Labute approximate surface area is 178 Å². The Hall–Kier alpha value is -2.26. The number of nitrogens with zero attached hydrogens (tertiary/aromatic N) is 2. The molecule has 1 unspecified atom stereocenters. The summed E-state index contributed by atoms with van der Waals surface area (Å²) >= 11 is 3.10. The number of carbonyl (C=O) groups is 1. The van der Waals surface area contributed by atoms with E-state index in [9.17, 15) is 9.90 Å². The van der Waals surface area contributed by atoms with Gasteiger partial charge in [0.25, 0.3) is 5.91 Å². The number of hydrogen-bond acceptors (Lipinski definition) is 7. The van der Waals surface area contributed by atoms with Crippen LogP contribution in [-0.4, -0.2) is 42.4 Å². The zero-order chi connectivity index (χ0) is 20.2. The highest BCUT2D eigenvalue weighted by molar-refractivity contribution is 7.20. The quantitative estimate of drug-likeness (QED) is 0.520. The molecule has 1 aliphatic rings. The second-order valence-corrected chi connectivity index (χ2v) is 8.85. The van der Waals surface area contributed by atoms with Crippen molar-refractivity contribution in [2.75, 3.05) is 30.4 Å². The average Bonchev–Trinajstić information content (AvgIpc) is 3.45. The minimum Gasteiger partial charge on any atom is -0.378 e. The molecule has 0 bridgehead atoms. The van der Waals surface area contributed by atoms with Crippen LogP contribution in [0.4, 0.5) is 11.4 Å². The van der Waals surface area contributed by atoms with Crippen LogP contribution < -0.4 is 15.5 Å². The lowest BCUT2D eigenvalue weighted by Gasteiger charge is -2.36. The van der Waals surface area contributed by atoms with Gasteiger partial charge >= 0.3 is 0 Å². The summed E-state index contributed by atoms with van der Waals surface area (Å²) < 4.78 is 0. The SMILES string of the molecule is CNC(O)C1CCN(c2ccccc2NC(=O)c2csc(-c3cccs3)n2)CC1. The third-order valence-electron chi connectivity index (χ3n) is 5.24. The van der Waals surface area contributed by atoms with Gasteiger partial charge in [-0.2, -0.15) is 0 Å². The molecular formula is C21H24N4O2S2. The molecule has 0 saturated carbocycles. The molecule has 3 N–H and O–H groups in total. The van der Waals surface area contributed by atoms with Gasteiger partial charge in [-0.05, 0) is 43.5 Å². The lowest BCUT2D eigenvalue weighted by Crippen LogP contribution is -2.42. The topological polar surface area (TPSA) is 77.5 Å². The standard InChI is InChI=1S/C21H24N4O2S2/c1-22-19(26)14-8-10-25(11-9-14)17-6-3-2-5-15(17)23-20(27)16-13-29-21(24-16)18-7-4-12-28-18/h2-7,12-14,19,22,26H,8-11H2,1H3,(H,23,27). The Balaban J connectivity index is 1.46. The fourth-order valence-corrected chi connectivity index (χ4v) is 5.24. The number of aliphatic hydroxyl groups excluding tert-OH is 1. The fourth-order valence-electron chi connectivity index (χ4n) is 3.62. The summed E-state index contributed by atoms with van der Waals surface area (Å²) in [6.07, 6.45) is 1.34. The van der Waals surface area contributed by atoms with Gasteiger partial charge in [0.05, 0.1) is 16.3 Å². The average molecular weight is 429 g/mol. The van der Waals surface area contributed by atoms with Crippen molar-refractivity contribution in [1.82, 2.24) is 10.3 Å². The van der Waals surface area contributed by atoms with Crippen LogP contribution in [0, 0.1) is 5.92 Å². The van der Waals surface area contributed by atoms with Gasteiger partial charge < -0.3 is 15.3 Å². The number of amides is 1. The summed E-state index contributed by atoms with van der Waals surface area (Å²) in [6, 6.07) is 11.9. The number of rotatable bonds is 6. The van der Waals surface area contributed by atoms with Crippen LogP contribution in [0.2, 0.25) is 0 Å². The minimum atomic E-state index is -0.464. The molecule has 3 aromatic rings. The molecule has 1 amide bonds. The van der Waals surface area contributed by atoms with Crippen molar-refractivity contribution in [3.8, 4) is 9.88 Å². The number of aliphatic hydroxyl groups is 1. The Morgan fingerprint density at radius 1 is 1.21 bits per heavy atom.